The third-order valence-corrected chi connectivity index (χ3v) is 5.66. The Hall–Kier alpha value is -1.27. The molecule has 0 amide bonds. The highest BCUT2D eigenvalue weighted by Gasteiger charge is 2.39. The number of anilines is 1. The number of nitrogens with two attached hydrogens (primary N) is 1. The number of nitrogen functional groups attached to an aromatic ring is 1. The van der Waals surface area contributed by atoms with Crippen LogP contribution in [0.1, 0.15) is 26.7 Å². The molecule has 0 saturated carbocycles. The van der Waals surface area contributed by atoms with Crippen LogP contribution in [0.4, 0.5) is 5.69 Å². The van der Waals surface area contributed by atoms with E-state index in [-0.39, 0.29) is 17.9 Å². The van der Waals surface area contributed by atoms with Crippen LogP contribution in [-0.2, 0) is 10.0 Å². The van der Waals surface area contributed by atoms with Crippen molar-refractivity contribution in [3.05, 3.63) is 24.3 Å². The average molecular weight is 298 g/mol. The fourth-order valence-corrected chi connectivity index (χ4v) is 4.34. The van der Waals surface area contributed by atoms with Gasteiger partial charge in [-0.3, -0.25) is 0 Å². The zero-order valence-corrected chi connectivity index (χ0v) is 12.8. The second-order valence-corrected chi connectivity index (χ2v) is 7.74. The Morgan fingerprint density at radius 3 is 2.75 bits per heavy atom. The van der Waals surface area contributed by atoms with Gasteiger partial charge in [0.05, 0.1) is 5.75 Å². The Bertz CT molecular complexity index is 570. The number of rotatable bonds is 5. The lowest BCUT2D eigenvalue weighted by atomic mass is 10.0. The van der Waals surface area contributed by atoms with Gasteiger partial charge in [-0.25, -0.2) is 8.42 Å². The summed E-state index contributed by atoms with van der Waals surface area (Å²) in [5, 5.41) is 0. The molecule has 6 heteroatoms. The van der Waals surface area contributed by atoms with Crippen molar-refractivity contribution in [2.45, 2.75) is 32.2 Å². The minimum Gasteiger partial charge on any atom is -0.492 e. The maximum atomic E-state index is 12.3. The van der Waals surface area contributed by atoms with Gasteiger partial charge in [-0.15, -0.1) is 0 Å². The van der Waals surface area contributed by atoms with E-state index in [0.29, 0.717) is 18.0 Å². The van der Waals surface area contributed by atoms with Crippen molar-refractivity contribution >= 4 is 15.7 Å². The number of ether oxygens (including phenoxy) is 1. The molecule has 0 atom stereocenters. The van der Waals surface area contributed by atoms with E-state index in [1.165, 1.54) is 0 Å². The van der Waals surface area contributed by atoms with Crippen LogP contribution in [-0.4, -0.2) is 37.2 Å². The van der Waals surface area contributed by atoms with Gasteiger partial charge in [-0.1, -0.05) is 6.07 Å². The zero-order valence-electron chi connectivity index (χ0n) is 12.0. The Morgan fingerprint density at radius 1 is 1.40 bits per heavy atom. The van der Waals surface area contributed by atoms with Crippen LogP contribution in [0.5, 0.6) is 5.75 Å². The molecule has 1 saturated heterocycles. The van der Waals surface area contributed by atoms with Crippen LogP contribution in [0.25, 0.3) is 0 Å². The Labute approximate surface area is 120 Å². The lowest BCUT2D eigenvalue weighted by Gasteiger charge is -2.30. The summed E-state index contributed by atoms with van der Waals surface area (Å²) in [6.45, 7) is 4.68. The predicted molar refractivity (Wildman–Crippen MR) is 80.2 cm³/mol. The molecule has 0 aromatic heterocycles. The van der Waals surface area contributed by atoms with E-state index in [0.717, 1.165) is 12.8 Å². The predicted octanol–water partition coefficient (Wildman–Crippen LogP) is 1.85. The third kappa shape index (κ3) is 3.43. The molecule has 0 radical (unpaired) electrons. The SMILES string of the molecule is CC1(C)CCCN1S(=O)(=O)CCOc1cccc(N)c1. The molecule has 1 aromatic carbocycles. The minimum absolute atomic E-state index is 0.00870. The van der Waals surface area contributed by atoms with Crippen LogP contribution in [0.2, 0.25) is 0 Å². The molecule has 0 spiro atoms. The largest absolute Gasteiger partial charge is 0.492 e. The van der Waals surface area contributed by atoms with Gasteiger partial charge in [-0.05, 0) is 38.8 Å². The molecule has 1 aromatic rings. The van der Waals surface area contributed by atoms with Crippen LogP contribution in [0.15, 0.2) is 24.3 Å². The van der Waals surface area contributed by atoms with E-state index in [2.05, 4.69) is 0 Å². The first-order valence-electron chi connectivity index (χ1n) is 6.80. The fourth-order valence-electron chi connectivity index (χ4n) is 2.58. The number of sulfonamides is 1. The van der Waals surface area contributed by atoms with Crippen LogP contribution in [0, 0.1) is 0 Å². The summed E-state index contributed by atoms with van der Waals surface area (Å²) in [6, 6.07) is 6.99. The molecule has 1 aliphatic rings. The number of benzene rings is 1. The number of hydrogen-bond acceptors (Lipinski definition) is 4. The highest BCUT2D eigenvalue weighted by atomic mass is 32.2. The summed E-state index contributed by atoms with van der Waals surface area (Å²) in [5.74, 6) is 0.589. The first-order chi connectivity index (χ1) is 9.31. The molecule has 1 fully saturated rings. The van der Waals surface area contributed by atoms with Crippen molar-refractivity contribution < 1.29 is 13.2 Å². The molecule has 0 aliphatic carbocycles. The summed E-state index contributed by atoms with van der Waals surface area (Å²) in [4.78, 5) is 0. The van der Waals surface area contributed by atoms with Gasteiger partial charge in [0.2, 0.25) is 10.0 Å². The lowest BCUT2D eigenvalue weighted by Crippen LogP contribution is -2.44. The Morgan fingerprint density at radius 2 is 2.15 bits per heavy atom. The van der Waals surface area contributed by atoms with E-state index in [1.807, 2.05) is 13.8 Å². The highest BCUT2D eigenvalue weighted by Crippen LogP contribution is 2.31. The average Bonchev–Trinajstić information content (AvgIpc) is 2.69. The maximum absolute atomic E-state index is 12.3. The molecule has 112 valence electrons. The zero-order chi connectivity index (χ0) is 14.8. The summed E-state index contributed by atoms with van der Waals surface area (Å²) in [5.41, 5.74) is 5.97. The number of hydrogen-bond donors (Lipinski definition) is 1. The van der Waals surface area contributed by atoms with Crippen molar-refractivity contribution in [1.29, 1.82) is 0 Å². The molecule has 5 nitrogen and oxygen atoms in total. The Balaban J connectivity index is 1.93. The van der Waals surface area contributed by atoms with Gasteiger partial charge in [0, 0.05) is 23.8 Å². The maximum Gasteiger partial charge on any atom is 0.217 e. The molecule has 0 bridgehead atoms. The summed E-state index contributed by atoms with van der Waals surface area (Å²) >= 11 is 0. The highest BCUT2D eigenvalue weighted by molar-refractivity contribution is 7.89. The molecule has 0 unspecified atom stereocenters. The first kappa shape index (κ1) is 15.1. The van der Waals surface area contributed by atoms with E-state index in [9.17, 15) is 8.42 Å². The van der Waals surface area contributed by atoms with Gasteiger partial charge in [0.1, 0.15) is 12.4 Å². The third-order valence-electron chi connectivity index (χ3n) is 3.63. The van der Waals surface area contributed by atoms with E-state index < -0.39 is 10.0 Å². The monoisotopic (exact) mass is 298 g/mol. The summed E-state index contributed by atoms with van der Waals surface area (Å²) < 4.78 is 31.7. The van der Waals surface area contributed by atoms with E-state index in [1.54, 1.807) is 28.6 Å². The molecule has 20 heavy (non-hydrogen) atoms. The number of nitrogens with zero attached hydrogens (tertiary/aromatic N) is 1. The van der Waals surface area contributed by atoms with Gasteiger partial charge in [0.25, 0.3) is 0 Å². The van der Waals surface area contributed by atoms with Gasteiger partial charge in [-0.2, -0.15) is 4.31 Å². The molecule has 1 aliphatic heterocycles. The molecular formula is C14H22N2O3S. The van der Waals surface area contributed by atoms with Crippen LogP contribution < -0.4 is 10.5 Å². The fraction of sp³-hybridized carbons (Fsp3) is 0.571. The van der Waals surface area contributed by atoms with E-state index in [4.69, 9.17) is 10.5 Å². The second kappa shape index (κ2) is 5.61. The quantitative estimate of drug-likeness (QED) is 0.842. The van der Waals surface area contributed by atoms with Gasteiger partial charge in [0.15, 0.2) is 0 Å². The van der Waals surface area contributed by atoms with Crippen molar-refractivity contribution in [3.63, 3.8) is 0 Å². The van der Waals surface area contributed by atoms with Crippen molar-refractivity contribution in [2.24, 2.45) is 0 Å². The first-order valence-corrected chi connectivity index (χ1v) is 8.41. The van der Waals surface area contributed by atoms with Crippen LogP contribution >= 0.6 is 0 Å². The van der Waals surface area contributed by atoms with Crippen LogP contribution in [0.3, 0.4) is 0 Å². The molecule has 1 heterocycles. The summed E-state index contributed by atoms with van der Waals surface area (Å²) in [6.07, 6.45) is 1.82. The molecular weight excluding hydrogens is 276 g/mol. The normalized spacial score (nSPS) is 19.1. The smallest absolute Gasteiger partial charge is 0.217 e. The van der Waals surface area contributed by atoms with Crippen molar-refractivity contribution in [3.8, 4) is 5.75 Å². The summed E-state index contributed by atoms with van der Waals surface area (Å²) in [7, 11) is -3.27. The lowest BCUT2D eigenvalue weighted by molar-refractivity contribution is 0.284. The standard InChI is InChI=1S/C14H22N2O3S/c1-14(2)7-4-8-16(14)20(17,18)10-9-19-13-6-3-5-12(15)11-13/h3,5-6,11H,4,7-10,15H2,1-2H3. The van der Waals surface area contributed by atoms with E-state index >= 15 is 0 Å². The van der Waals surface area contributed by atoms with Gasteiger partial charge >= 0.3 is 0 Å². The molecule has 2 N–H and O–H groups in total. The van der Waals surface area contributed by atoms with Gasteiger partial charge < -0.3 is 10.5 Å². The topological polar surface area (TPSA) is 72.6 Å². The minimum atomic E-state index is -3.27. The van der Waals surface area contributed by atoms with Crippen molar-refractivity contribution in [2.75, 3.05) is 24.6 Å². The van der Waals surface area contributed by atoms with Crippen molar-refractivity contribution in [1.82, 2.24) is 4.31 Å². The Kier molecular flexibility index (Phi) is 4.25. The second-order valence-electron chi connectivity index (χ2n) is 5.73. The molecule has 2 rings (SSSR count).